The number of nitriles is 1. The minimum absolute atomic E-state index is 0.213. The van der Waals surface area contributed by atoms with Crippen molar-refractivity contribution in [3.63, 3.8) is 0 Å². The molecule has 0 saturated heterocycles. The van der Waals surface area contributed by atoms with Gasteiger partial charge in [0.25, 0.3) is 0 Å². The van der Waals surface area contributed by atoms with Crippen LogP contribution in [-0.4, -0.2) is 12.3 Å². The van der Waals surface area contributed by atoms with Crippen molar-refractivity contribution in [1.29, 1.82) is 5.26 Å². The largest absolute Gasteiger partial charge is 0.395 e. The number of fused-ring (bicyclic) bond motifs is 2. The van der Waals surface area contributed by atoms with E-state index in [1.165, 1.54) is 18.6 Å². The lowest BCUT2D eigenvalue weighted by molar-refractivity contribution is 0.141. The van der Waals surface area contributed by atoms with E-state index >= 15 is 0 Å². The predicted molar refractivity (Wildman–Crippen MR) is 62.8 cm³/mol. The van der Waals surface area contributed by atoms with Crippen molar-refractivity contribution in [1.82, 2.24) is 0 Å². The van der Waals surface area contributed by atoms with Gasteiger partial charge in [-0.3, -0.25) is 0 Å². The standard InChI is InChI=1S/C13H20N2O/c1-12(2)10-5-6-13(12,3)11(9-10)15-16-8-4-7-14/h10H,4-6,8-9H2,1-3H3/b15-11+. The summed E-state index contributed by atoms with van der Waals surface area (Å²) >= 11 is 0. The Hall–Kier alpha value is -1.04. The normalized spacial score (nSPS) is 37.6. The first-order valence-corrected chi connectivity index (χ1v) is 6.08. The van der Waals surface area contributed by atoms with Crippen molar-refractivity contribution in [2.75, 3.05) is 6.61 Å². The second-order valence-electron chi connectivity index (χ2n) is 5.77. The fraction of sp³-hybridized carbons (Fsp3) is 0.846. The van der Waals surface area contributed by atoms with E-state index in [0.29, 0.717) is 18.4 Å². The van der Waals surface area contributed by atoms with E-state index in [-0.39, 0.29) is 5.41 Å². The van der Waals surface area contributed by atoms with Crippen molar-refractivity contribution < 1.29 is 4.84 Å². The van der Waals surface area contributed by atoms with Gasteiger partial charge in [0.05, 0.1) is 18.2 Å². The lowest BCUT2D eigenvalue weighted by Crippen LogP contribution is -2.32. The zero-order valence-electron chi connectivity index (χ0n) is 10.4. The Kier molecular flexibility index (Phi) is 2.69. The van der Waals surface area contributed by atoms with E-state index < -0.39 is 0 Å². The summed E-state index contributed by atoms with van der Waals surface area (Å²) in [6.45, 7) is 7.43. The third-order valence-corrected chi connectivity index (χ3v) is 4.99. The highest BCUT2D eigenvalue weighted by Gasteiger charge is 2.60. The molecule has 0 aromatic carbocycles. The molecule has 3 nitrogen and oxygen atoms in total. The van der Waals surface area contributed by atoms with E-state index in [4.69, 9.17) is 10.1 Å². The van der Waals surface area contributed by atoms with Crippen molar-refractivity contribution in [2.45, 2.75) is 46.5 Å². The Bertz CT molecular complexity index is 353. The highest BCUT2D eigenvalue weighted by Crippen LogP contribution is 2.63. The first kappa shape index (κ1) is 11.4. The minimum Gasteiger partial charge on any atom is -0.395 e. The second kappa shape index (κ2) is 3.76. The molecule has 0 radical (unpaired) electrons. The van der Waals surface area contributed by atoms with Crippen LogP contribution in [0.4, 0.5) is 0 Å². The topological polar surface area (TPSA) is 45.4 Å². The van der Waals surface area contributed by atoms with Crippen molar-refractivity contribution in [3.8, 4) is 6.07 Å². The summed E-state index contributed by atoms with van der Waals surface area (Å²) in [5.74, 6) is 0.760. The molecular formula is C13H20N2O. The van der Waals surface area contributed by atoms with Crippen LogP contribution in [0.3, 0.4) is 0 Å². The zero-order valence-corrected chi connectivity index (χ0v) is 10.4. The molecule has 0 aromatic heterocycles. The summed E-state index contributed by atoms with van der Waals surface area (Å²) in [4.78, 5) is 5.23. The van der Waals surface area contributed by atoms with Gasteiger partial charge in [0.2, 0.25) is 0 Å². The smallest absolute Gasteiger partial charge is 0.130 e. The fourth-order valence-corrected chi connectivity index (χ4v) is 3.28. The Morgan fingerprint density at radius 1 is 1.50 bits per heavy atom. The molecule has 88 valence electrons. The molecule has 2 atom stereocenters. The van der Waals surface area contributed by atoms with Gasteiger partial charge in [-0.05, 0) is 30.6 Å². The number of hydrogen-bond acceptors (Lipinski definition) is 3. The fourth-order valence-electron chi connectivity index (χ4n) is 3.28. The molecule has 0 aromatic rings. The summed E-state index contributed by atoms with van der Waals surface area (Å²) < 4.78 is 0. The van der Waals surface area contributed by atoms with Crippen LogP contribution >= 0.6 is 0 Å². The van der Waals surface area contributed by atoms with Crippen molar-refractivity contribution in [2.24, 2.45) is 21.9 Å². The summed E-state index contributed by atoms with van der Waals surface area (Å²) in [5.41, 5.74) is 1.78. The number of rotatable bonds is 3. The van der Waals surface area contributed by atoms with Crippen LogP contribution in [0.1, 0.15) is 46.5 Å². The third kappa shape index (κ3) is 1.43. The molecule has 2 unspecified atom stereocenters. The van der Waals surface area contributed by atoms with Crippen LogP contribution in [0.5, 0.6) is 0 Å². The highest BCUT2D eigenvalue weighted by atomic mass is 16.6. The maximum atomic E-state index is 8.42. The molecular weight excluding hydrogens is 200 g/mol. The number of hydrogen-bond donors (Lipinski definition) is 0. The van der Waals surface area contributed by atoms with Crippen molar-refractivity contribution >= 4 is 5.71 Å². The molecule has 16 heavy (non-hydrogen) atoms. The Morgan fingerprint density at radius 3 is 2.75 bits per heavy atom. The van der Waals surface area contributed by atoms with Crippen molar-refractivity contribution in [3.05, 3.63) is 0 Å². The molecule has 2 aliphatic carbocycles. The van der Waals surface area contributed by atoms with Crippen LogP contribution in [0, 0.1) is 28.1 Å². The average Bonchev–Trinajstić information content (AvgIpc) is 2.57. The summed E-state index contributed by atoms with van der Waals surface area (Å²) in [6, 6.07) is 2.06. The third-order valence-electron chi connectivity index (χ3n) is 4.99. The average molecular weight is 220 g/mol. The van der Waals surface area contributed by atoms with Gasteiger partial charge < -0.3 is 4.84 Å². The van der Waals surface area contributed by atoms with E-state index in [0.717, 1.165) is 12.3 Å². The molecule has 0 spiro atoms. The van der Waals surface area contributed by atoms with Crippen LogP contribution in [0.2, 0.25) is 0 Å². The highest BCUT2D eigenvalue weighted by molar-refractivity contribution is 5.93. The molecule has 2 bridgehead atoms. The number of nitrogens with zero attached hydrogens (tertiary/aromatic N) is 2. The lowest BCUT2D eigenvalue weighted by atomic mass is 9.70. The SMILES string of the molecule is CC12CCC(C/C1=N\OCCC#N)C2(C)C. The molecule has 2 saturated carbocycles. The summed E-state index contributed by atoms with van der Waals surface area (Å²) in [5, 5.41) is 12.7. The Morgan fingerprint density at radius 2 is 2.25 bits per heavy atom. The van der Waals surface area contributed by atoms with E-state index in [9.17, 15) is 0 Å². The van der Waals surface area contributed by atoms with Gasteiger partial charge in [-0.25, -0.2) is 0 Å². The monoisotopic (exact) mass is 220 g/mol. The molecule has 2 rings (SSSR count). The van der Waals surface area contributed by atoms with Gasteiger partial charge in [0, 0.05) is 5.41 Å². The van der Waals surface area contributed by atoms with Crippen LogP contribution in [-0.2, 0) is 4.84 Å². The van der Waals surface area contributed by atoms with Crippen LogP contribution in [0.25, 0.3) is 0 Å². The molecule has 3 heteroatoms. The Balaban J connectivity index is 2.07. The maximum absolute atomic E-state index is 8.42. The minimum atomic E-state index is 0.213. The molecule has 2 fully saturated rings. The van der Waals surface area contributed by atoms with Gasteiger partial charge >= 0.3 is 0 Å². The molecule has 0 aliphatic heterocycles. The van der Waals surface area contributed by atoms with Gasteiger partial charge in [-0.15, -0.1) is 0 Å². The molecule has 2 aliphatic rings. The van der Waals surface area contributed by atoms with E-state index in [1.807, 2.05) is 0 Å². The molecule has 0 amide bonds. The van der Waals surface area contributed by atoms with Gasteiger partial charge in [-0.1, -0.05) is 25.9 Å². The summed E-state index contributed by atoms with van der Waals surface area (Å²) in [6.07, 6.45) is 4.04. The van der Waals surface area contributed by atoms with E-state index in [2.05, 4.69) is 32.0 Å². The number of oxime groups is 1. The zero-order chi connectivity index (χ0) is 11.8. The first-order valence-electron chi connectivity index (χ1n) is 6.08. The molecule has 0 heterocycles. The van der Waals surface area contributed by atoms with Gasteiger partial charge in [0.15, 0.2) is 0 Å². The second-order valence-corrected chi connectivity index (χ2v) is 5.77. The van der Waals surface area contributed by atoms with Crippen LogP contribution in [0.15, 0.2) is 5.16 Å². The van der Waals surface area contributed by atoms with Crippen LogP contribution < -0.4 is 0 Å². The predicted octanol–water partition coefficient (Wildman–Crippen LogP) is 3.12. The maximum Gasteiger partial charge on any atom is 0.130 e. The van der Waals surface area contributed by atoms with Gasteiger partial charge in [-0.2, -0.15) is 5.26 Å². The van der Waals surface area contributed by atoms with Gasteiger partial charge in [0.1, 0.15) is 6.61 Å². The lowest BCUT2D eigenvalue weighted by Gasteiger charge is -2.34. The quantitative estimate of drug-likeness (QED) is 0.542. The first-order chi connectivity index (χ1) is 7.52. The molecule has 0 N–H and O–H groups in total. The summed E-state index contributed by atoms with van der Waals surface area (Å²) in [7, 11) is 0. The van der Waals surface area contributed by atoms with E-state index in [1.54, 1.807) is 0 Å². The Labute approximate surface area is 97.5 Å².